The number of hydrogen-bond donors (Lipinski definition) is 1. The number of aryl methyl sites for hydroxylation is 1. The van der Waals surface area contributed by atoms with Crippen molar-refractivity contribution in [3.8, 4) is 0 Å². The molecule has 3 aromatic rings. The molecular formula is C18H20N4O2. The molecule has 1 amide bonds. The van der Waals surface area contributed by atoms with E-state index in [-0.39, 0.29) is 11.8 Å². The summed E-state index contributed by atoms with van der Waals surface area (Å²) in [7, 11) is 0. The van der Waals surface area contributed by atoms with E-state index in [2.05, 4.69) is 9.88 Å². The van der Waals surface area contributed by atoms with Crippen molar-refractivity contribution in [1.82, 2.24) is 9.97 Å². The van der Waals surface area contributed by atoms with Crippen LogP contribution in [0, 0.1) is 5.92 Å². The molecule has 0 radical (unpaired) electrons. The molecule has 0 unspecified atom stereocenters. The van der Waals surface area contributed by atoms with Gasteiger partial charge in [-0.3, -0.25) is 4.79 Å². The fourth-order valence-corrected chi connectivity index (χ4v) is 3.37. The van der Waals surface area contributed by atoms with Crippen LogP contribution in [-0.4, -0.2) is 29.0 Å². The second-order valence-corrected chi connectivity index (χ2v) is 6.26. The van der Waals surface area contributed by atoms with Gasteiger partial charge in [0.15, 0.2) is 11.4 Å². The highest BCUT2D eigenvalue weighted by Crippen LogP contribution is 2.34. The van der Waals surface area contributed by atoms with Crippen LogP contribution in [0.2, 0.25) is 0 Å². The molecule has 0 atom stereocenters. The van der Waals surface area contributed by atoms with Gasteiger partial charge < -0.3 is 15.1 Å². The lowest BCUT2D eigenvalue weighted by Crippen LogP contribution is -2.39. The topological polar surface area (TPSA) is 85.3 Å². The highest BCUT2D eigenvalue weighted by atomic mass is 16.3. The number of anilines is 1. The van der Waals surface area contributed by atoms with E-state index in [0.29, 0.717) is 0 Å². The molecule has 2 aromatic heterocycles. The number of piperidine rings is 1. The lowest BCUT2D eigenvalue weighted by molar-refractivity contribution is -0.122. The van der Waals surface area contributed by atoms with Gasteiger partial charge in [0.05, 0.1) is 0 Å². The van der Waals surface area contributed by atoms with Crippen LogP contribution in [0.1, 0.15) is 25.6 Å². The lowest BCUT2D eigenvalue weighted by atomic mass is 9.96. The van der Waals surface area contributed by atoms with Crippen LogP contribution in [0.25, 0.3) is 22.1 Å². The summed E-state index contributed by atoms with van der Waals surface area (Å²) in [6, 6.07) is 7.92. The van der Waals surface area contributed by atoms with Gasteiger partial charge in [-0.05, 0) is 25.0 Å². The average molecular weight is 324 g/mol. The number of fused-ring (bicyclic) bond motifs is 3. The van der Waals surface area contributed by atoms with Crippen molar-refractivity contribution in [2.24, 2.45) is 11.7 Å². The maximum Gasteiger partial charge on any atom is 0.220 e. The first-order valence-corrected chi connectivity index (χ1v) is 8.39. The SMILES string of the molecule is CCc1nc(N2CCC(C(N)=O)CC2)c2oc3ccccc3c2n1. The van der Waals surface area contributed by atoms with Crippen molar-refractivity contribution in [3.05, 3.63) is 30.1 Å². The summed E-state index contributed by atoms with van der Waals surface area (Å²) in [5, 5.41) is 1.01. The number of para-hydroxylation sites is 1. The Bertz CT molecular complexity index is 910. The number of carbonyl (C=O) groups excluding carboxylic acids is 1. The van der Waals surface area contributed by atoms with Crippen molar-refractivity contribution in [1.29, 1.82) is 0 Å². The van der Waals surface area contributed by atoms with Crippen LogP contribution in [-0.2, 0) is 11.2 Å². The first-order valence-electron chi connectivity index (χ1n) is 8.39. The van der Waals surface area contributed by atoms with E-state index in [1.165, 1.54) is 0 Å². The number of nitrogens with zero attached hydrogens (tertiary/aromatic N) is 3. The minimum absolute atomic E-state index is 0.0418. The maximum absolute atomic E-state index is 11.4. The summed E-state index contributed by atoms with van der Waals surface area (Å²) < 4.78 is 6.05. The summed E-state index contributed by atoms with van der Waals surface area (Å²) in [5.41, 5.74) is 7.85. The second-order valence-electron chi connectivity index (χ2n) is 6.26. The number of hydrogen-bond acceptors (Lipinski definition) is 5. The maximum atomic E-state index is 11.4. The first-order chi connectivity index (χ1) is 11.7. The Labute approximate surface area is 139 Å². The van der Waals surface area contributed by atoms with E-state index in [1.54, 1.807) is 0 Å². The number of benzene rings is 1. The zero-order valence-electron chi connectivity index (χ0n) is 13.7. The monoisotopic (exact) mass is 324 g/mol. The van der Waals surface area contributed by atoms with E-state index in [9.17, 15) is 4.79 Å². The summed E-state index contributed by atoms with van der Waals surface area (Å²) in [6.07, 6.45) is 2.27. The number of nitrogens with two attached hydrogens (primary N) is 1. The van der Waals surface area contributed by atoms with E-state index >= 15 is 0 Å². The first kappa shape index (κ1) is 14.9. The molecule has 6 heteroatoms. The molecule has 1 aromatic carbocycles. The zero-order valence-corrected chi connectivity index (χ0v) is 13.7. The quantitative estimate of drug-likeness (QED) is 0.800. The van der Waals surface area contributed by atoms with E-state index in [1.807, 2.05) is 31.2 Å². The van der Waals surface area contributed by atoms with E-state index in [0.717, 1.165) is 66.1 Å². The summed E-state index contributed by atoms with van der Waals surface area (Å²) in [5.74, 6) is 1.39. The van der Waals surface area contributed by atoms with Gasteiger partial charge in [-0.25, -0.2) is 9.97 Å². The van der Waals surface area contributed by atoms with E-state index in [4.69, 9.17) is 15.1 Å². The molecule has 124 valence electrons. The Kier molecular flexibility index (Phi) is 3.59. The van der Waals surface area contributed by atoms with Gasteiger partial charge in [-0.2, -0.15) is 0 Å². The molecule has 6 nitrogen and oxygen atoms in total. The highest BCUT2D eigenvalue weighted by molar-refractivity contribution is 6.05. The molecule has 0 spiro atoms. The third kappa shape index (κ3) is 2.38. The molecule has 2 N–H and O–H groups in total. The van der Waals surface area contributed by atoms with Crippen molar-refractivity contribution in [2.45, 2.75) is 26.2 Å². The highest BCUT2D eigenvalue weighted by Gasteiger charge is 2.27. The Hall–Kier alpha value is -2.63. The average Bonchev–Trinajstić information content (AvgIpc) is 2.99. The van der Waals surface area contributed by atoms with Gasteiger partial charge in [0, 0.05) is 30.8 Å². The second kappa shape index (κ2) is 5.78. The number of carbonyl (C=O) groups is 1. The molecule has 0 bridgehead atoms. The predicted molar refractivity (Wildman–Crippen MR) is 92.8 cm³/mol. The van der Waals surface area contributed by atoms with Crippen LogP contribution in [0.5, 0.6) is 0 Å². The van der Waals surface area contributed by atoms with Gasteiger partial charge in [0.25, 0.3) is 0 Å². The van der Waals surface area contributed by atoms with Gasteiger partial charge in [0.1, 0.15) is 16.9 Å². The number of aromatic nitrogens is 2. The van der Waals surface area contributed by atoms with Crippen molar-refractivity contribution >= 4 is 33.8 Å². The Morgan fingerprint density at radius 3 is 2.75 bits per heavy atom. The standard InChI is InChI=1S/C18H20N4O2/c1-2-14-20-15-12-5-3-4-6-13(12)24-16(15)18(21-14)22-9-7-11(8-10-22)17(19)23/h3-6,11H,2,7-10H2,1H3,(H2,19,23). The van der Waals surface area contributed by atoms with Crippen LogP contribution in [0.4, 0.5) is 5.82 Å². The lowest BCUT2D eigenvalue weighted by Gasteiger charge is -2.31. The fourth-order valence-electron chi connectivity index (χ4n) is 3.37. The normalized spacial score (nSPS) is 16.1. The Morgan fingerprint density at radius 2 is 2.04 bits per heavy atom. The predicted octanol–water partition coefficient (Wildman–Crippen LogP) is 2.64. The molecule has 1 aliphatic rings. The largest absolute Gasteiger partial charge is 0.450 e. The third-order valence-electron chi connectivity index (χ3n) is 4.76. The summed E-state index contributed by atoms with van der Waals surface area (Å²) in [6.45, 7) is 3.55. The van der Waals surface area contributed by atoms with Crippen LogP contribution < -0.4 is 10.6 Å². The minimum Gasteiger partial charge on any atom is -0.450 e. The zero-order chi connectivity index (χ0) is 16.7. The molecule has 3 heterocycles. The van der Waals surface area contributed by atoms with Gasteiger partial charge in [-0.15, -0.1) is 0 Å². The van der Waals surface area contributed by atoms with Crippen LogP contribution >= 0.6 is 0 Å². The number of furan rings is 1. The molecule has 0 saturated carbocycles. The minimum atomic E-state index is -0.208. The summed E-state index contributed by atoms with van der Waals surface area (Å²) >= 11 is 0. The molecule has 0 aliphatic carbocycles. The molecular weight excluding hydrogens is 304 g/mol. The fraction of sp³-hybridized carbons (Fsp3) is 0.389. The number of rotatable bonds is 3. The van der Waals surface area contributed by atoms with Gasteiger partial charge >= 0.3 is 0 Å². The van der Waals surface area contributed by atoms with Crippen molar-refractivity contribution in [3.63, 3.8) is 0 Å². The van der Waals surface area contributed by atoms with Crippen molar-refractivity contribution < 1.29 is 9.21 Å². The number of primary amides is 1. The van der Waals surface area contributed by atoms with Crippen LogP contribution in [0.3, 0.4) is 0 Å². The Morgan fingerprint density at radius 1 is 1.29 bits per heavy atom. The third-order valence-corrected chi connectivity index (χ3v) is 4.76. The molecule has 1 aliphatic heterocycles. The molecule has 1 saturated heterocycles. The van der Waals surface area contributed by atoms with E-state index < -0.39 is 0 Å². The summed E-state index contributed by atoms with van der Waals surface area (Å²) in [4.78, 5) is 23.0. The van der Waals surface area contributed by atoms with Crippen LogP contribution in [0.15, 0.2) is 28.7 Å². The molecule has 1 fully saturated rings. The number of amides is 1. The van der Waals surface area contributed by atoms with Crippen molar-refractivity contribution in [2.75, 3.05) is 18.0 Å². The Balaban J connectivity index is 1.81. The van der Waals surface area contributed by atoms with Gasteiger partial charge in [-0.1, -0.05) is 19.1 Å². The molecule has 24 heavy (non-hydrogen) atoms. The molecule has 4 rings (SSSR count). The van der Waals surface area contributed by atoms with Gasteiger partial charge in [0.2, 0.25) is 5.91 Å². The smallest absolute Gasteiger partial charge is 0.220 e.